The van der Waals surface area contributed by atoms with E-state index in [0.717, 1.165) is 46.6 Å². The lowest BCUT2D eigenvalue weighted by atomic mass is 9.79. The maximum atomic E-state index is 6.97. The maximum Gasteiger partial charge on any atom is 0.159 e. The molecule has 0 N–H and O–H groups in total. The first-order chi connectivity index (χ1) is 14.7. The van der Waals surface area contributed by atoms with Gasteiger partial charge in [-0.3, -0.25) is 0 Å². The fraction of sp³-hybridized carbons (Fsp3) is 0.185. The van der Waals surface area contributed by atoms with Crippen LogP contribution in [0.25, 0.3) is 10.8 Å². The number of fused-ring (bicyclic) bond motifs is 3. The highest BCUT2D eigenvalue weighted by Crippen LogP contribution is 2.47. The first-order valence-electron chi connectivity index (χ1n) is 10.2. The van der Waals surface area contributed by atoms with Crippen LogP contribution in [0.3, 0.4) is 0 Å². The molecule has 1 heterocycles. The van der Waals surface area contributed by atoms with Gasteiger partial charge >= 0.3 is 0 Å². The SMILES string of the molecule is COc1ccc(C2(c3ccc(OC)cc3)CCc3ccc4ccccc4c3O2)cc1. The van der Waals surface area contributed by atoms with Gasteiger partial charge in [-0.05, 0) is 48.1 Å². The predicted molar refractivity (Wildman–Crippen MR) is 120 cm³/mol. The Morgan fingerprint density at radius 2 is 1.30 bits per heavy atom. The lowest BCUT2D eigenvalue weighted by Gasteiger charge is -2.40. The number of hydrogen-bond donors (Lipinski definition) is 0. The topological polar surface area (TPSA) is 27.7 Å². The van der Waals surface area contributed by atoms with Gasteiger partial charge in [0.25, 0.3) is 0 Å². The van der Waals surface area contributed by atoms with E-state index in [1.165, 1.54) is 10.9 Å². The quantitative estimate of drug-likeness (QED) is 0.416. The van der Waals surface area contributed by atoms with Gasteiger partial charge in [0, 0.05) is 16.5 Å². The van der Waals surface area contributed by atoms with Gasteiger partial charge in [-0.2, -0.15) is 0 Å². The monoisotopic (exact) mass is 396 g/mol. The first-order valence-corrected chi connectivity index (χ1v) is 10.2. The molecule has 4 aromatic rings. The Kier molecular flexibility index (Phi) is 4.59. The molecule has 0 unspecified atom stereocenters. The van der Waals surface area contributed by atoms with Gasteiger partial charge in [0.2, 0.25) is 0 Å². The normalized spacial score (nSPS) is 14.6. The van der Waals surface area contributed by atoms with Crippen molar-refractivity contribution in [1.82, 2.24) is 0 Å². The molecule has 1 aliphatic rings. The molecule has 0 saturated carbocycles. The van der Waals surface area contributed by atoms with Crippen LogP contribution in [0, 0.1) is 0 Å². The van der Waals surface area contributed by atoms with E-state index in [9.17, 15) is 0 Å². The molecule has 150 valence electrons. The summed E-state index contributed by atoms with van der Waals surface area (Å²) >= 11 is 0. The summed E-state index contributed by atoms with van der Waals surface area (Å²) in [4.78, 5) is 0. The molecule has 0 spiro atoms. The molecule has 0 bridgehead atoms. The molecule has 0 aromatic heterocycles. The minimum absolute atomic E-state index is 0.574. The van der Waals surface area contributed by atoms with Crippen molar-refractivity contribution in [2.75, 3.05) is 14.2 Å². The summed E-state index contributed by atoms with van der Waals surface area (Å²) in [5.74, 6) is 2.65. The standard InChI is InChI=1S/C27H24O3/c1-28-23-13-9-21(10-14-23)27(22-11-15-24(29-2)16-12-22)18-17-20-8-7-19-5-3-4-6-25(19)26(20)30-27/h3-16H,17-18H2,1-2H3. The van der Waals surface area contributed by atoms with Crippen molar-refractivity contribution < 1.29 is 14.2 Å². The fourth-order valence-electron chi connectivity index (χ4n) is 4.44. The van der Waals surface area contributed by atoms with Crippen LogP contribution in [0.1, 0.15) is 23.1 Å². The highest BCUT2D eigenvalue weighted by Gasteiger charge is 2.40. The van der Waals surface area contributed by atoms with Gasteiger partial charge in [0.05, 0.1) is 14.2 Å². The molecule has 0 saturated heterocycles. The average Bonchev–Trinajstić information content (AvgIpc) is 2.83. The largest absolute Gasteiger partial charge is 0.497 e. The number of ether oxygens (including phenoxy) is 3. The number of benzene rings is 4. The molecule has 3 nitrogen and oxygen atoms in total. The van der Waals surface area contributed by atoms with E-state index in [-0.39, 0.29) is 0 Å². The van der Waals surface area contributed by atoms with E-state index in [0.29, 0.717) is 0 Å². The maximum absolute atomic E-state index is 6.97. The van der Waals surface area contributed by atoms with Crippen molar-refractivity contribution in [3.05, 3.63) is 102 Å². The highest BCUT2D eigenvalue weighted by atomic mass is 16.5. The predicted octanol–water partition coefficient (Wildman–Crippen LogP) is 6.13. The minimum Gasteiger partial charge on any atom is -0.497 e. The zero-order valence-corrected chi connectivity index (χ0v) is 17.2. The third kappa shape index (κ3) is 2.98. The molecule has 0 amide bonds. The van der Waals surface area contributed by atoms with Crippen LogP contribution in [0.5, 0.6) is 17.2 Å². The fourth-order valence-corrected chi connectivity index (χ4v) is 4.44. The molecule has 5 rings (SSSR count). The zero-order chi connectivity index (χ0) is 20.6. The molecular formula is C27H24O3. The molecule has 3 heteroatoms. The van der Waals surface area contributed by atoms with E-state index in [1.807, 2.05) is 24.3 Å². The van der Waals surface area contributed by atoms with Crippen LogP contribution in [0.4, 0.5) is 0 Å². The second kappa shape index (κ2) is 7.42. The Balaban J connectivity index is 1.70. The van der Waals surface area contributed by atoms with Gasteiger partial charge in [0.1, 0.15) is 17.2 Å². The lowest BCUT2D eigenvalue weighted by molar-refractivity contribution is 0.0871. The van der Waals surface area contributed by atoms with Gasteiger partial charge in [-0.1, -0.05) is 60.7 Å². The van der Waals surface area contributed by atoms with Crippen molar-refractivity contribution in [3.63, 3.8) is 0 Å². The summed E-state index contributed by atoms with van der Waals surface area (Å²) in [5, 5.41) is 2.35. The van der Waals surface area contributed by atoms with E-state index >= 15 is 0 Å². The minimum atomic E-state index is -0.574. The Morgan fingerprint density at radius 1 is 0.700 bits per heavy atom. The Morgan fingerprint density at radius 3 is 1.90 bits per heavy atom. The van der Waals surface area contributed by atoms with Crippen LogP contribution in [0.2, 0.25) is 0 Å². The Hall–Kier alpha value is -3.46. The smallest absolute Gasteiger partial charge is 0.159 e. The third-order valence-corrected chi connectivity index (χ3v) is 6.10. The van der Waals surface area contributed by atoms with E-state index in [1.54, 1.807) is 14.2 Å². The summed E-state index contributed by atoms with van der Waals surface area (Å²) in [7, 11) is 3.38. The second-order valence-electron chi connectivity index (χ2n) is 7.66. The van der Waals surface area contributed by atoms with Gasteiger partial charge in [0.15, 0.2) is 5.60 Å². The molecule has 4 aromatic carbocycles. The van der Waals surface area contributed by atoms with Crippen molar-refractivity contribution >= 4 is 10.8 Å². The van der Waals surface area contributed by atoms with E-state index in [2.05, 4.69) is 60.7 Å². The van der Waals surface area contributed by atoms with Crippen LogP contribution in [-0.2, 0) is 12.0 Å². The number of methoxy groups -OCH3 is 2. The molecule has 1 aliphatic heterocycles. The molecule has 0 atom stereocenters. The highest BCUT2D eigenvalue weighted by molar-refractivity contribution is 5.90. The number of aryl methyl sites for hydroxylation is 1. The van der Waals surface area contributed by atoms with Crippen molar-refractivity contribution in [1.29, 1.82) is 0 Å². The molecule has 0 aliphatic carbocycles. The Bertz CT molecular complexity index is 1130. The summed E-state index contributed by atoms with van der Waals surface area (Å²) in [6.07, 6.45) is 1.80. The van der Waals surface area contributed by atoms with Crippen LogP contribution >= 0.6 is 0 Å². The van der Waals surface area contributed by atoms with Crippen molar-refractivity contribution in [3.8, 4) is 17.2 Å². The second-order valence-corrected chi connectivity index (χ2v) is 7.66. The third-order valence-electron chi connectivity index (χ3n) is 6.10. The molecular weight excluding hydrogens is 372 g/mol. The van der Waals surface area contributed by atoms with Gasteiger partial charge in [-0.15, -0.1) is 0 Å². The summed E-state index contributed by atoms with van der Waals surface area (Å²) in [6.45, 7) is 0. The summed E-state index contributed by atoms with van der Waals surface area (Å²) in [6, 6.07) is 29.3. The van der Waals surface area contributed by atoms with Crippen LogP contribution < -0.4 is 14.2 Å². The summed E-state index contributed by atoms with van der Waals surface area (Å²) < 4.78 is 17.7. The zero-order valence-electron chi connectivity index (χ0n) is 17.2. The molecule has 30 heavy (non-hydrogen) atoms. The number of rotatable bonds is 4. The van der Waals surface area contributed by atoms with Crippen LogP contribution in [0.15, 0.2) is 84.9 Å². The summed E-state index contributed by atoms with van der Waals surface area (Å²) in [5.41, 5.74) is 2.92. The van der Waals surface area contributed by atoms with Crippen LogP contribution in [-0.4, -0.2) is 14.2 Å². The lowest BCUT2D eigenvalue weighted by Crippen LogP contribution is -2.38. The van der Waals surface area contributed by atoms with E-state index < -0.39 is 5.60 Å². The van der Waals surface area contributed by atoms with Crippen molar-refractivity contribution in [2.45, 2.75) is 18.4 Å². The molecule has 0 fully saturated rings. The average molecular weight is 396 g/mol. The van der Waals surface area contributed by atoms with Crippen molar-refractivity contribution in [2.24, 2.45) is 0 Å². The van der Waals surface area contributed by atoms with E-state index in [4.69, 9.17) is 14.2 Å². The Labute approximate surface area is 176 Å². The molecule has 0 radical (unpaired) electrons. The van der Waals surface area contributed by atoms with Gasteiger partial charge < -0.3 is 14.2 Å². The first kappa shape index (κ1) is 18.6. The van der Waals surface area contributed by atoms with Gasteiger partial charge in [-0.25, -0.2) is 0 Å². The number of hydrogen-bond acceptors (Lipinski definition) is 3.